The zero-order valence-electron chi connectivity index (χ0n) is 24.7. The highest BCUT2D eigenvalue weighted by Crippen LogP contribution is 2.45. The Labute approximate surface area is 258 Å². The lowest BCUT2D eigenvalue weighted by molar-refractivity contribution is -0.0936. The Morgan fingerprint density at radius 2 is 1.65 bits per heavy atom. The second kappa shape index (κ2) is 11.5. The molecule has 3 aromatic rings. The molecule has 2 aromatic carbocycles. The summed E-state index contributed by atoms with van der Waals surface area (Å²) in [5.41, 5.74) is -0.925. The molecule has 230 valence electrons. The van der Waals surface area contributed by atoms with Crippen molar-refractivity contribution in [1.29, 1.82) is 0 Å². The quantitative estimate of drug-likeness (QED) is 0.171. The number of ether oxygens (including phenoxy) is 4. The summed E-state index contributed by atoms with van der Waals surface area (Å²) in [6, 6.07) is 6.08. The minimum absolute atomic E-state index is 0.0475. The first-order valence-electron chi connectivity index (χ1n) is 13.8. The van der Waals surface area contributed by atoms with Crippen molar-refractivity contribution in [2.45, 2.75) is 65.3 Å². The Hall–Kier alpha value is -3.57. The van der Waals surface area contributed by atoms with Crippen LogP contribution in [-0.4, -0.2) is 57.5 Å². The molecule has 1 aliphatic carbocycles. The molecule has 3 atom stereocenters. The van der Waals surface area contributed by atoms with E-state index in [1.807, 2.05) is 20.8 Å². The van der Waals surface area contributed by atoms with Gasteiger partial charge in [-0.1, -0.05) is 23.2 Å². The lowest BCUT2D eigenvalue weighted by atomic mass is 9.68. The smallest absolute Gasteiger partial charge is 0.486 e. The molecule has 0 spiro atoms. The Kier molecular flexibility index (Phi) is 8.26. The Morgan fingerprint density at radius 1 is 0.977 bits per heavy atom. The summed E-state index contributed by atoms with van der Waals surface area (Å²) >= 11 is 11.9. The number of rotatable bonds is 5. The molecule has 10 nitrogen and oxygen atoms in total. The van der Waals surface area contributed by atoms with Gasteiger partial charge in [-0.3, -0.25) is 0 Å². The van der Waals surface area contributed by atoms with Crippen LogP contribution in [0.15, 0.2) is 30.6 Å². The summed E-state index contributed by atoms with van der Waals surface area (Å²) in [6.45, 7) is 11.6. The zero-order chi connectivity index (χ0) is 31.3. The van der Waals surface area contributed by atoms with Crippen LogP contribution in [0.3, 0.4) is 0 Å². The molecule has 1 saturated heterocycles. The predicted molar refractivity (Wildman–Crippen MR) is 160 cm³/mol. The van der Waals surface area contributed by atoms with Gasteiger partial charge in [0.1, 0.15) is 29.5 Å². The number of benzene rings is 2. The van der Waals surface area contributed by atoms with Gasteiger partial charge in [-0.15, -0.1) is 0 Å². The van der Waals surface area contributed by atoms with E-state index in [0.717, 1.165) is 6.42 Å². The molecule has 2 bridgehead atoms. The Bertz CT molecular complexity index is 1560. The fraction of sp³-hybridized carbons (Fsp3) is 0.467. The maximum absolute atomic E-state index is 14.9. The monoisotopic (exact) mass is 634 g/mol. The van der Waals surface area contributed by atoms with Gasteiger partial charge in [0.25, 0.3) is 0 Å². The summed E-state index contributed by atoms with van der Waals surface area (Å²) < 4.78 is 37.8. The Balaban J connectivity index is 1.45. The van der Waals surface area contributed by atoms with Gasteiger partial charge >= 0.3 is 12.2 Å². The van der Waals surface area contributed by atoms with E-state index in [1.165, 1.54) is 24.5 Å². The highest BCUT2D eigenvalue weighted by atomic mass is 35.5. The number of nitrogens with one attached hydrogen (secondary N) is 1. The second-order valence-electron chi connectivity index (χ2n) is 12.7. The van der Waals surface area contributed by atoms with Gasteiger partial charge in [0.05, 0.1) is 21.2 Å². The molecule has 2 heterocycles. The van der Waals surface area contributed by atoms with Crippen molar-refractivity contribution in [1.82, 2.24) is 14.9 Å². The van der Waals surface area contributed by atoms with Crippen molar-refractivity contribution in [2.24, 2.45) is 11.8 Å². The SMILES string of the molecule is CC(C)(C)OC(=O)Oc1cc2ncnc(Nc3ccc(Cl)c(Cl)c3F)c2cc1O[C@H]1[C@@H]2C[C@H]1CN(C(=O)OC(C)(C)C)C2. The largest absolute Gasteiger partial charge is 0.514 e. The molecule has 2 aliphatic rings. The lowest BCUT2D eigenvalue weighted by Gasteiger charge is -2.52. The summed E-state index contributed by atoms with van der Waals surface area (Å²) in [7, 11) is 0. The molecule has 2 fully saturated rings. The number of likely N-dealkylation sites (tertiary alicyclic amines) is 1. The molecule has 1 aliphatic heterocycles. The van der Waals surface area contributed by atoms with Gasteiger partial charge in [-0.2, -0.15) is 0 Å². The van der Waals surface area contributed by atoms with Crippen molar-refractivity contribution >= 4 is 57.9 Å². The maximum Gasteiger partial charge on any atom is 0.514 e. The molecule has 43 heavy (non-hydrogen) atoms. The van der Waals surface area contributed by atoms with Crippen LogP contribution in [0.4, 0.5) is 25.5 Å². The number of carbonyl (C=O) groups is 2. The lowest BCUT2D eigenvalue weighted by Crippen LogP contribution is -2.62. The number of halogens is 3. The van der Waals surface area contributed by atoms with E-state index in [0.29, 0.717) is 24.0 Å². The molecule has 0 unspecified atom stereocenters. The molecule has 13 heteroatoms. The van der Waals surface area contributed by atoms with Crippen LogP contribution >= 0.6 is 23.2 Å². The van der Waals surface area contributed by atoms with Gasteiger partial charge in [0, 0.05) is 36.4 Å². The number of fused-ring (bicyclic) bond motifs is 3. The minimum Gasteiger partial charge on any atom is -0.486 e. The molecule has 1 saturated carbocycles. The fourth-order valence-electron chi connectivity index (χ4n) is 5.10. The van der Waals surface area contributed by atoms with E-state index in [4.69, 9.17) is 42.1 Å². The molecule has 0 radical (unpaired) electrons. The second-order valence-corrected chi connectivity index (χ2v) is 13.5. The van der Waals surface area contributed by atoms with Crippen molar-refractivity contribution < 1.29 is 32.9 Å². The summed E-state index contributed by atoms with van der Waals surface area (Å²) in [5.74, 6) is -0.0326. The number of anilines is 2. The van der Waals surface area contributed by atoms with Crippen molar-refractivity contribution in [3.63, 3.8) is 0 Å². The first kappa shape index (κ1) is 30.9. The minimum atomic E-state index is -0.910. The molecule has 5 rings (SSSR count). The number of nitrogens with zero attached hydrogens (tertiary/aromatic N) is 3. The molecular weight excluding hydrogens is 602 g/mol. The zero-order valence-corrected chi connectivity index (χ0v) is 26.2. The van der Waals surface area contributed by atoms with E-state index in [-0.39, 0.29) is 57.1 Å². The van der Waals surface area contributed by atoms with E-state index >= 15 is 0 Å². The fourth-order valence-corrected chi connectivity index (χ4v) is 5.42. The standard InChI is InChI=1S/C30H33Cl2FN4O6/c1-29(2,3)42-27(38)37-12-15-9-16(13-37)25(15)40-21-10-17-20(11-22(21)41-28(39)43-30(4,5)6)34-14-35-26(17)36-19-8-7-18(31)23(32)24(19)33/h7-8,10-11,14-16,25H,9,12-13H2,1-6H3,(H,34,35,36)/t15-,16+,25+. The summed E-state index contributed by atoms with van der Waals surface area (Å²) in [6.07, 6.45) is 0.659. The highest BCUT2D eigenvalue weighted by Gasteiger charge is 2.50. The van der Waals surface area contributed by atoms with Crippen LogP contribution < -0.4 is 14.8 Å². The van der Waals surface area contributed by atoms with E-state index in [2.05, 4.69) is 15.3 Å². The van der Waals surface area contributed by atoms with E-state index in [9.17, 15) is 14.0 Å². The van der Waals surface area contributed by atoms with Crippen LogP contribution in [-0.2, 0) is 9.47 Å². The van der Waals surface area contributed by atoms with Crippen molar-refractivity contribution in [3.8, 4) is 11.5 Å². The summed E-state index contributed by atoms with van der Waals surface area (Å²) in [4.78, 5) is 35.6. The highest BCUT2D eigenvalue weighted by molar-refractivity contribution is 6.42. The van der Waals surface area contributed by atoms with Gasteiger partial charge in [-0.05, 0) is 66.2 Å². The molecular formula is C30H33Cl2FN4O6. The third kappa shape index (κ3) is 6.99. The average Bonchev–Trinajstić information content (AvgIpc) is 2.90. The summed E-state index contributed by atoms with van der Waals surface area (Å²) in [5, 5.41) is 3.27. The van der Waals surface area contributed by atoms with Gasteiger partial charge in [0.15, 0.2) is 17.3 Å². The molecule has 1 aromatic heterocycles. The van der Waals surface area contributed by atoms with E-state index < -0.39 is 23.2 Å². The molecule has 1 N–H and O–H groups in total. The maximum atomic E-state index is 14.9. The first-order valence-corrected chi connectivity index (χ1v) is 14.6. The third-order valence-corrected chi connectivity index (χ3v) is 7.71. The average molecular weight is 636 g/mol. The number of piperidine rings is 2. The van der Waals surface area contributed by atoms with E-state index in [1.54, 1.807) is 31.7 Å². The van der Waals surface area contributed by atoms with Gasteiger partial charge < -0.3 is 29.2 Å². The van der Waals surface area contributed by atoms with Crippen LogP contribution in [0.2, 0.25) is 10.0 Å². The van der Waals surface area contributed by atoms with Crippen LogP contribution in [0.25, 0.3) is 10.9 Å². The topological polar surface area (TPSA) is 112 Å². The van der Waals surface area contributed by atoms with Crippen molar-refractivity contribution in [2.75, 3.05) is 18.4 Å². The van der Waals surface area contributed by atoms with Gasteiger partial charge in [-0.25, -0.2) is 23.9 Å². The van der Waals surface area contributed by atoms with Crippen LogP contribution in [0, 0.1) is 17.7 Å². The third-order valence-electron chi connectivity index (χ3n) is 6.93. The number of carbonyl (C=O) groups excluding carboxylic acids is 2. The van der Waals surface area contributed by atoms with Crippen molar-refractivity contribution in [3.05, 3.63) is 46.5 Å². The number of hydrogen-bond donors (Lipinski definition) is 1. The van der Waals surface area contributed by atoms with Gasteiger partial charge in [0.2, 0.25) is 0 Å². The number of amides is 1. The van der Waals surface area contributed by atoms with Crippen LogP contribution in [0.1, 0.15) is 48.0 Å². The first-order chi connectivity index (χ1) is 20.1. The molecule has 1 amide bonds. The number of aromatic nitrogens is 2. The predicted octanol–water partition coefficient (Wildman–Crippen LogP) is 7.77. The van der Waals surface area contributed by atoms with Crippen LogP contribution in [0.5, 0.6) is 11.5 Å². The number of hydrogen-bond acceptors (Lipinski definition) is 9. The Morgan fingerprint density at radius 3 is 2.30 bits per heavy atom. The normalized spacial score (nSPS) is 19.8.